The first-order valence-electron chi connectivity index (χ1n) is 9.82. The lowest BCUT2D eigenvalue weighted by Gasteiger charge is -2.37. The van der Waals surface area contributed by atoms with Crippen molar-refractivity contribution in [3.63, 3.8) is 0 Å². The zero-order valence-corrected chi connectivity index (χ0v) is 16.7. The van der Waals surface area contributed by atoms with E-state index in [9.17, 15) is 14.4 Å². The number of rotatable bonds is 5. The maximum atomic E-state index is 12.7. The SMILES string of the molecule is Cc1c(Cl)cccc1N1CCN(C(=O)CCC2(C3CC3)NC(=O)NC2=O)CC1. The van der Waals surface area contributed by atoms with Gasteiger partial charge >= 0.3 is 6.03 Å². The van der Waals surface area contributed by atoms with Crippen LogP contribution in [-0.2, 0) is 9.59 Å². The Labute approximate surface area is 169 Å². The maximum Gasteiger partial charge on any atom is 0.322 e. The second-order valence-electron chi connectivity index (χ2n) is 7.91. The van der Waals surface area contributed by atoms with Crippen molar-refractivity contribution < 1.29 is 14.4 Å². The molecule has 2 aliphatic heterocycles. The fourth-order valence-electron chi connectivity index (χ4n) is 4.35. The molecule has 28 heavy (non-hydrogen) atoms. The van der Waals surface area contributed by atoms with Gasteiger partial charge in [0.05, 0.1) is 0 Å². The van der Waals surface area contributed by atoms with Crippen molar-refractivity contribution >= 4 is 35.1 Å². The number of piperazine rings is 1. The number of nitrogens with one attached hydrogen (secondary N) is 2. The molecule has 2 heterocycles. The van der Waals surface area contributed by atoms with Gasteiger partial charge in [-0.25, -0.2) is 4.79 Å². The van der Waals surface area contributed by atoms with Gasteiger partial charge < -0.3 is 15.1 Å². The highest BCUT2D eigenvalue weighted by molar-refractivity contribution is 6.31. The summed E-state index contributed by atoms with van der Waals surface area (Å²) in [6, 6.07) is 5.43. The van der Waals surface area contributed by atoms with Gasteiger partial charge in [-0.1, -0.05) is 17.7 Å². The van der Waals surface area contributed by atoms with Crippen molar-refractivity contribution in [3.05, 3.63) is 28.8 Å². The summed E-state index contributed by atoms with van der Waals surface area (Å²) in [5, 5.41) is 5.87. The number of amides is 4. The van der Waals surface area contributed by atoms with Gasteiger partial charge in [-0.15, -0.1) is 0 Å². The van der Waals surface area contributed by atoms with Gasteiger partial charge in [0.15, 0.2) is 0 Å². The summed E-state index contributed by atoms with van der Waals surface area (Å²) < 4.78 is 0. The van der Waals surface area contributed by atoms with Gasteiger partial charge in [0.25, 0.3) is 5.91 Å². The summed E-state index contributed by atoms with van der Waals surface area (Å²) in [6.07, 6.45) is 2.46. The highest BCUT2D eigenvalue weighted by Crippen LogP contribution is 2.43. The molecule has 1 unspecified atom stereocenters. The number of carbonyl (C=O) groups excluding carboxylic acids is 3. The van der Waals surface area contributed by atoms with E-state index in [0.29, 0.717) is 19.5 Å². The van der Waals surface area contributed by atoms with Crippen LogP contribution in [0.25, 0.3) is 0 Å². The minimum Gasteiger partial charge on any atom is -0.368 e. The Morgan fingerprint density at radius 1 is 1.21 bits per heavy atom. The van der Waals surface area contributed by atoms with E-state index in [-0.39, 0.29) is 24.2 Å². The largest absolute Gasteiger partial charge is 0.368 e. The first kappa shape index (κ1) is 19.1. The summed E-state index contributed by atoms with van der Waals surface area (Å²) in [6.45, 7) is 4.78. The van der Waals surface area contributed by atoms with Crippen molar-refractivity contribution in [1.29, 1.82) is 0 Å². The molecule has 4 rings (SSSR count). The van der Waals surface area contributed by atoms with Crippen LogP contribution in [0.15, 0.2) is 18.2 Å². The quantitative estimate of drug-likeness (QED) is 0.736. The van der Waals surface area contributed by atoms with E-state index in [1.807, 2.05) is 24.0 Å². The molecule has 8 heteroatoms. The van der Waals surface area contributed by atoms with Crippen LogP contribution < -0.4 is 15.5 Å². The van der Waals surface area contributed by atoms with E-state index in [1.54, 1.807) is 0 Å². The molecule has 1 aromatic rings. The van der Waals surface area contributed by atoms with Crippen LogP contribution in [0.3, 0.4) is 0 Å². The summed E-state index contributed by atoms with van der Waals surface area (Å²) in [4.78, 5) is 40.8. The van der Waals surface area contributed by atoms with Crippen molar-refractivity contribution in [2.75, 3.05) is 31.1 Å². The zero-order valence-electron chi connectivity index (χ0n) is 16.0. The van der Waals surface area contributed by atoms with Gasteiger partial charge in [0.2, 0.25) is 5.91 Å². The first-order chi connectivity index (χ1) is 13.4. The molecule has 0 spiro atoms. The molecule has 1 aliphatic carbocycles. The topological polar surface area (TPSA) is 81.8 Å². The molecule has 1 atom stereocenters. The smallest absolute Gasteiger partial charge is 0.322 e. The van der Waals surface area contributed by atoms with Gasteiger partial charge in [0, 0.05) is 43.3 Å². The molecular formula is C20H25ClN4O3. The van der Waals surface area contributed by atoms with E-state index in [1.165, 1.54) is 0 Å². The van der Waals surface area contributed by atoms with Crippen LogP contribution in [0.5, 0.6) is 0 Å². The number of anilines is 1. The summed E-state index contributed by atoms with van der Waals surface area (Å²) in [7, 11) is 0. The molecule has 3 aliphatic rings. The number of urea groups is 1. The Balaban J connectivity index is 1.34. The number of hydrogen-bond donors (Lipinski definition) is 2. The fraction of sp³-hybridized carbons (Fsp3) is 0.550. The lowest BCUT2D eigenvalue weighted by Crippen LogP contribution is -2.52. The number of carbonyl (C=O) groups is 3. The lowest BCUT2D eigenvalue weighted by atomic mass is 9.87. The van der Waals surface area contributed by atoms with Gasteiger partial charge in [0.1, 0.15) is 5.54 Å². The second kappa shape index (κ2) is 7.28. The molecule has 4 amide bonds. The van der Waals surface area contributed by atoms with Gasteiger partial charge in [-0.3, -0.25) is 14.9 Å². The molecule has 1 saturated carbocycles. The van der Waals surface area contributed by atoms with Crippen molar-refractivity contribution in [1.82, 2.24) is 15.5 Å². The number of halogens is 1. The zero-order chi connectivity index (χ0) is 19.9. The number of hydrogen-bond acceptors (Lipinski definition) is 4. The summed E-state index contributed by atoms with van der Waals surface area (Å²) in [5.74, 6) is -0.0973. The predicted octanol–water partition coefficient (Wildman–Crippen LogP) is 2.07. The third kappa shape index (κ3) is 3.43. The summed E-state index contributed by atoms with van der Waals surface area (Å²) in [5.41, 5.74) is 1.27. The van der Waals surface area contributed by atoms with E-state index in [4.69, 9.17) is 11.6 Å². The van der Waals surface area contributed by atoms with Crippen LogP contribution in [-0.4, -0.2) is 54.5 Å². The third-order valence-corrected chi connectivity index (χ3v) is 6.60. The molecule has 0 bridgehead atoms. The normalized spacial score (nSPS) is 24.9. The minimum atomic E-state index is -0.896. The summed E-state index contributed by atoms with van der Waals surface area (Å²) >= 11 is 6.23. The predicted molar refractivity (Wildman–Crippen MR) is 106 cm³/mol. The Kier molecular flexibility index (Phi) is 4.95. The molecule has 7 nitrogen and oxygen atoms in total. The van der Waals surface area contributed by atoms with E-state index in [2.05, 4.69) is 21.6 Å². The molecule has 3 fully saturated rings. The standard InChI is InChI=1S/C20H25ClN4O3/c1-13-15(21)3-2-4-16(13)24-9-11-25(12-10-24)17(26)7-8-20(14-5-6-14)18(27)22-19(28)23-20/h2-4,14H,5-12H2,1H3,(H2,22,23,27,28). The van der Waals surface area contributed by atoms with E-state index in [0.717, 1.165) is 42.2 Å². The second-order valence-corrected chi connectivity index (χ2v) is 8.31. The van der Waals surface area contributed by atoms with Crippen LogP contribution in [0, 0.1) is 12.8 Å². The lowest BCUT2D eigenvalue weighted by molar-refractivity contribution is -0.132. The molecule has 0 radical (unpaired) electrons. The van der Waals surface area contributed by atoms with Crippen molar-refractivity contribution in [2.24, 2.45) is 5.92 Å². The van der Waals surface area contributed by atoms with Crippen LogP contribution in [0.1, 0.15) is 31.2 Å². The molecule has 0 aromatic heterocycles. The highest BCUT2D eigenvalue weighted by Gasteiger charge is 2.55. The minimum absolute atomic E-state index is 0.0384. The molecule has 150 valence electrons. The fourth-order valence-corrected chi connectivity index (χ4v) is 4.52. The van der Waals surface area contributed by atoms with Crippen LogP contribution in [0.4, 0.5) is 10.5 Å². The molecule has 2 saturated heterocycles. The number of imide groups is 1. The van der Waals surface area contributed by atoms with Gasteiger partial charge in [-0.05, 0) is 49.8 Å². The Hall–Kier alpha value is -2.28. The van der Waals surface area contributed by atoms with E-state index >= 15 is 0 Å². The average molecular weight is 405 g/mol. The molecular weight excluding hydrogens is 380 g/mol. The number of benzene rings is 1. The average Bonchev–Trinajstić information content (AvgIpc) is 3.48. The maximum absolute atomic E-state index is 12.7. The first-order valence-corrected chi connectivity index (χ1v) is 10.2. The monoisotopic (exact) mass is 404 g/mol. The van der Waals surface area contributed by atoms with Crippen LogP contribution >= 0.6 is 11.6 Å². The van der Waals surface area contributed by atoms with Crippen LogP contribution in [0.2, 0.25) is 5.02 Å². The Morgan fingerprint density at radius 2 is 1.93 bits per heavy atom. The highest BCUT2D eigenvalue weighted by atomic mass is 35.5. The Morgan fingerprint density at radius 3 is 2.54 bits per heavy atom. The molecule has 2 N–H and O–H groups in total. The molecule has 1 aromatic carbocycles. The Bertz CT molecular complexity index is 818. The van der Waals surface area contributed by atoms with Gasteiger partial charge in [-0.2, -0.15) is 0 Å². The van der Waals surface area contributed by atoms with Crippen molar-refractivity contribution in [3.8, 4) is 0 Å². The van der Waals surface area contributed by atoms with E-state index < -0.39 is 11.6 Å². The number of nitrogens with zero attached hydrogens (tertiary/aromatic N) is 2. The van der Waals surface area contributed by atoms with Crippen molar-refractivity contribution in [2.45, 2.75) is 38.1 Å². The third-order valence-electron chi connectivity index (χ3n) is 6.19.